The minimum atomic E-state index is -3.66. The molecule has 118 valence electrons. The molecule has 2 N–H and O–H groups in total. The van der Waals surface area contributed by atoms with Gasteiger partial charge >= 0.3 is 0 Å². The van der Waals surface area contributed by atoms with Crippen LogP contribution in [0.1, 0.15) is 12.0 Å². The molecule has 0 spiro atoms. The molecule has 0 aliphatic heterocycles. The standard InChI is InChI=1S/C16H19ClN2O2S/c17-15-9-4-5-10-16(15)22(20,21)19(12-6-11-18)13-14-7-2-1-3-8-14/h1-5,7-10H,6,11-13,18H2. The molecule has 0 atom stereocenters. The van der Waals surface area contributed by atoms with Gasteiger partial charge in [-0.2, -0.15) is 4.31 Å². The van der Waals surface area contributed by atoms with E-state index in [1.165, 1.54) is 10.4 Å². The van der Waals surface area contributed by atoms with Crippen LogP contribution in [-0.2, 0) is 16.6 Å². The van der Waals surface area contributed by atoms with Crippen molar-refractivity contribution in [3.8, 4) is 0 Å². The van der Waals surface area contributed by atoms with Crippen LogP contribution < -0.4 is 5.73 Å². The SMILES string of the molecule is NCCCN(Cc1ccccc1)S(=O)(=O)c1ccccc1Cl. The molecule has 2 rings (SSSR count). The minimum absolute atomic E-state index is 0.129. The van der Waals surface area contributed by atoms with E-state index in [0.717, 1.165) is 5.56 Å². The Morgan fingerprint density at radius 3 is 2.27 bits per heavy atom. The third-order valence-corrected chi connectivity index (χ3v) is 5.61. The summed E-state index contributed by atoms with van der Waals surface area (Å²) >= 11 is 6.06. The van der Waals surface area contributed by atoms with Gasteiger partial charge in [-0.15, -0.1) is 0 Å². The van der Waals surface area contributed by atoms with Gasteiger partial charge in [0.15, 0.2) is 0 Å². The Labute approximate surface area is 136 Å². The van der Waals surface area contributed by atoms with Gasteiger partial charge < -0.3 is 5.73 Å². The zero-order valence-electron chi connectivity index (χ0n) is 12.2. The van der Waals surface area contributed by atoms with Gasteiger partial charge in [-0.3, -0.25) is 0 Å². The molecule has 22 heavy (non-hydrogen) atoms. The minimum Gasteiger partial charge on any atom is -0.330 e. The maximum Gasteiger partial charge on any atom is 0.244 e. The maximum absolute atomic E-state index is 12.9. The van der Waals surface area contributed by atoms with Crippen LogP contribution in [-0.4, -0.2) is 25.8 Å². The fraction of sp³-hybridized carbons (Fsp3) is 0.250. The quantitative estimate of drug-likeness (QED) is 0.844. The van der Waals surface area contributed by atoms with E-state index in [4.69, 9.17) is 17.3 Å². The first-order valence-electron chi connectivity index (χ1n) is 7.04. The van der Waals surface area contributed by atoms with Crippen LogP contribution in [0.5, 0.6) is 0 Å². The Balaban J connectivity index is 2.33. The topological polar surface area (TPSA) is 63.4 Å². The van der Waals surface area contributed by atoms with Crippen molar-refractivity contribution >= 4 is 21.6 Å². The van der Waals surface area contributed by atoms with E-state index in [0.29, 0.717) is 26.1 Å². The molecule has 0 radical (unpaired) electrons. The Hall–Kier alpha value is -1.40. The largest absolute Gasteiger partial charge is 0.330 e. The second kappa shape index (κ2) is 7.74. The first-order valence-corrected chi connectivity index (χ1v) is 8.86. The van der Waals surface area contributed by atoms with Crippen LogP contribution in [0.4, 0.5) is 0 Å². The first-order chi connectivity index (χ1) is 10.6. The molecule has 0 unspecified atom stereocenters. The molecule has 2 aromatic carbocycles. The second-order valence-corrected chi connectivity index (χ2v) is 7.21. The number of sulfonamides is 1. The van der Waals surface area contributed by atoms with Gasteiger partial charge in [0.1, 0.15) is 4.90 Å². The van der Waals surface area contributed by atoms with Crippen molar-refractivity contribution in [1.29, 1.82) is 0 Å². The monoisotopic (exact) mass is 338 g/mol. The number of rotatable bonds is 7. The summed E-state index contributed by atoms with van der Waals surface area (Å²) in [5.41, 5.74) is 6.46. The van der Waals surface area contributed by atoms with Crippen molar-refractivity contribution in [2.75, 3.05) is 13.1 Å². The highest BCUT2D eigenvalue weighted by Gasteiger charge is 2.26. The molecule has 0 saturated heterocycles. The van der Waals surface area contributed by atoms with E-state index in [9.17, 15) is 8.42 Å². The summed E-state index contributed by atoms with van der Waals surface area (Å²) in [6.07, 6.45) is 0.594. The average Bonchev–Trinajstić information content (AvgIpc) is 2.52. The van der Waals surface area contributed by atoms with Gasteiger partial charge in [0.25, 0.3) is 0 Å². The van der Waals surface area contributed by atoms with Crippen LogP contribution in [0.3, 0.4) is 0 Å². The zero-order valence-corrected chi connectivity index (χ0v) is 13.7. The third-order valence-electron chi connectivity index (χ3n) is 3.27. The van der Waals surface area contributed by atoms with E-state index >= 15 is 0 Å². The lowest BCUT2D eigenvalue weighted by atomic mass is 10.2. The highest BCUT2D eigenvalue weighted by atomic mass is 35.5. The fourth-order valence-corrected chi connectivity index (χ4v) is 4.09. The van der Waals surface area contributed by atoms with Crippen LogP contribution >= 0.6 is 11.6 Å². The lowest BCUT2D eigenvalue weighted by Crippen LogP contribution is -2.32. The predicted molar refractivity (Wildman–Crippen MR) is 89.2 cm³/mol. The van der Waals surface area contributed by atoms with Crippen LogP contribution in [0, 0.1) is 0 Å². The first kappa shape index (κ1) is 17.0. The second-order valence-electron chi connectivity index (χ2n) is 4.90. The number of nitrogens with two attached hydrogens (primary N) is 1. The molecule has 2 aromatic rings. The van der Waals surface area contributed by atoms with E-state index in [1.807, 2.05) is 30.3 Å². The Kier molecular flexibility index (Phi) is 5.97. The number of hydrogen-bond acceptors (Lipinski definition) is 3. The van der Waals surface area contributed by atoms with Crippen molar-refractivity contribution in [2.24, 2.45) is 5.73 Å². The Morgan fingerprint density at radius 2 is 1.64 bits per heavy atom. The molecule has 6 heteroatoms. The molecule has 0 saturated carbocycles. The number of benzene rings is 2. The summed E-state index contributed by atoms with van der Waals surface area (Å²) in [4.78, 5) is 0.129. The summed E-state index contributed by atoms with van der Waals surface area (Å²) in [5, 5.41) is 0.230. The van der Waals surface area contributed by atoms with E-state index < -0.39 is 10.0 Å². The summed E-state index contributed by atoms with van der Waals surface area (Å²) in [7, 11) is -3.66. The average molecular weight is 339 g/mol. The molecule has 0 aliphatic carbocycles. The van der Waals surface area contributed by atoms with E-state index in [1.54, 1.807) is 18.2 Å². The van der Waals surface area contributed by atoms with Gasteiger partial charge in [0.2, 0.25) is 10.0 Å². The highest BCUT2D eigenvalue weighted by molar-refractivity contribution is 7.89. The lowest BCUT2D eigenvalue weighted by molar-refractivity contribution is 0.402. The maximum atomic E-state index is 12.9. The smallest absolute Gasteiger partial charge is 0.244 e. The van der Waals surface area contributed by atoms with E-state index in [2.05, 4.69) is 0 Å². The molecule has 4 nitrogen and oxygen atoms in total. The molecule has 0 fully saturated rings. The summed E-state index contributed by atoms with van der Waals surface area (Å²) in [5.74, 6) is 0. The molecular weight excluding hydrogens is 320 g/mol. The van der Waals surface area contributed by atoms with Crippen LogP contribution in [0.15, 0.2) is 59.5 Å². The summed E-state index contributed by atoms with van der Waals surface area (Å²) in [6.45, 7) is 1.09. The fourth-order valence-electron chi connectivity index (χ4n) is 2.13. The number of nitrogens with zero attached hydrogens (tertiary/aromatic N) is 1. The lowest BCUT2D eigenvalue weighted by Gasteiger charge is -2.22. The van der Waals surface area contributed by atoms with Gasteiger partial charge in [0, 0.05) is 13.1 Å². The summed E-state index contributed by atoms with van der Waals surface area (Å²) in [6, 6.07) is 16.0. The van der Waals surface area contributed by atoms with Crippen LogP contribution in [0.2, 0.25) is 5.02 Å². The van der Waals surface area contributed by atoms with Gasteiger partial charge in [-0.1, -0.05) is 54.1 Å². The highest BCUT2D eigenvalue weighted by Crippen LogP contribution is 2.25. The van der Waals surface area contributed by atoms with Crippen LogP contribution in [0.25, 0.3) is 0 Å². The molecule has 0 heterocycles. The molecule has 0 aliphatic rings. The molecule has 0 aromatic heterocycles. The Bertz CT molecular complexity index is 705. The molecule has 0 amide bonds. The van der Waals surface area contributed by atoms with Crippen molar-refractivity contribution < 1.29 is 8.42 Å². The third kappa shape index (κ3) is 4.08. The van der Waals surface area contributed by atoms with Gasteiger partial charge in [-0.25, -0.2) is 8.42 Å². The molecule has 0 bridgehead atoms. The summed E-state index contributed by atoms with van der Waals surface area (Å²) < 4.78 is 27.2. The van der Waals surface area contributed by atoms with Crippen molar-refractivity contribution in [2.45, 2.75) is 17.9 Å². The normalized spacial score (nSPS) is 11.8. The van der Waals surface area contributed by atoms with Crippen molar-refractivity contribution in [3.63, 3.8) is 0 Å². The number of hydrogen-bond donors (Lipinski definition) is 1. The Morgan fingerprint density at radius 1 is 1.00 bits per heavy atom. The van der Waals surface area contributed by atoms with Crippen molar-refractivity contribution in [1.82, 2.24) is 4.31 Å². The van der Waals surface area contributed by atoms with Gasteiger partial charge in [-0.05, 0) is 30.7 Å². The van der Waals surface area contributed by atoms with E-state index in [-0.39, 0.29) is 9.92 Å². The number of halogens is 1. The molecular formula is C16H19ClN2O2S. The van der Waals surface area contributed by atoms with Crippen molar-refractivity contribution in [3.05, 3.63) is 65.2 Å². The predicted octanol–water partition coefficient (Wildman–Crippen LogP) is 2.88. The van der Waals surface area contributed by atoms with Gasteiger partial charge in [0.05, 0.1) is 5.02 Å². The zero-order chi connectivity index (χ0) is 16.0.